The monoisotopic (exact) mass is 111 g/mol. The Morgan fingerprint density at radius 1 is 1.25 bits per heavy atom. The zero-order chi connectivity index (χ0) is 5.82. The molecule has 0 spiro atoms. The first-order valence-corrected chi connectivity index (χ1v) is 3.27. The van der Waals surface area contributed by atoms with E-state index in [1.807, 2.05) is 0 Å². The van der Waals surface area contributed by atoms with Gasteiger partial charge >= 0.3 is 0 Å². The van der Waals surface area contributed by atoms with Gasteiger partial charge < -0.3 is 5.32 Å². The van der Waals surface area contributed by atoms with E-state index in [2.05, 4.69) is 11.9 Å². The predicted molar refractivity (Wildman–Crippen MR) is 35.9 cm³/mol. The van der Waals surface area contributed by atoms with Crippen LogP contribution in [0.3, 0.4) is 0 Å². The summed E-state index contributed by atoms with van der Waals surface area (Å²) in [6.45, 7) is 6.25. The van der Waals surface area contributed by atoms with E-state index in [1.165, 1.54) is 31.4 Å². The Morgan fingerprint density at radius 3 is 3.00 bits per heavy atom. The summed E-state index contributed by atoms with van der Waals surface area (Å²) >= 11 is 0. The van der Waals surface area contributed by atoms with Gasteiger partial charge in [0.25, 0.3) is 0 Å². The predicted octanol–water partition coefficient (Wildman–Crippen LogP) is 1.32. The molecule has 0 radical (unpaired) electrons. The van der Waals surface area contributed by atoms with Crippen LogP contribution < -0.4 is 5.32 Å². The molecule has 0 amide bonds. The van der Waals surface area contributed by atoms with Crippen molar-refractivity contribution in [2.24, 2.45) is 0 Å². The van der Waals surface area contributed by atoms with Crippen molar-refractivity contribution in [2.45, 2.75) is 19.3 Å². The third kappa shape index (κ3) is 1.66. The highest BCUT2D eigenvalue weighted by Crippen LogP contribution is 2.07. The van der Waals surface area contributed by atoms with Gasteiger partial charge in [0.1, 0.15) is 0 Å². The molecule has 0 aromatic heterocycles. The van der Waals surface area contributed by atoms with Gasteiger partial charge in [0.05, 0.1) is 0 Å². The van der Waals surface area contributed by atoms with Crippen LogP contribution in [0.4, 0.5) is 0 Å². The molecule has 0 unspecified atom stereocenters. The van der Waals surface area contributed by atoms with E-state index >= 15 is 0 Å². The van der Waals surface area contributed by atoms with Crippen LogP contribution in [0.15, 0.2) is 12.2 Å². The Labute approximate surface area is 50.8 Å². The molecule has 1 heteroatoms. The van der Waals surface area contributed by atoms with Crippen LogP contribution in [-0.2, 0) is 0 Å². The van der Waals surface area contributed by atoms with E-state index in [9.17, 15) is 0 Å². The van der Waals surface area contributed by atoms with Crippen molar-refractivity contribution in [1.82, 2.24) is 5.32 Å². The van der Waals surface area contributed by atoms with Crippen LogP contribution in [0, 0.1) is 0 Å². The molecule has 1 heterocycles. The Bertz CT molecular complexity index is 76.4. The fourth-order valence-electron chi connectivity index (χ4n) is 0.979. The highest BCUT2D eigenvalue weighted by atomic mass is 14.8. The Balaban J connectivity index is 2.27. The minimum atomic E-state index is 1.14. The third-order valence-corrected chi connectivity index (χ3v) is 1.54. The second-order valence-corrected chi connectivity index (χ2v) is 2.35. The first-order valence-electron chi connectivity index (χ1n) is 3.27. The largest absolute Gasteiger partial charge is 0.316 e. The summed E-state index contributed by atoms with van der Waals surface area (Å²) in [6, 6.07) is 0. The molecule has 46 valence electrons. The molecule has 0 aromatic carbocycles. The van der Waals surface area contributed by atoms with E-state index in [0.717, 1.165) is 6.54 Å². The lowest BCUT2D eigenvalue weighted by Crippen LogP contribution is -2.13. The molecule has 1 N–H and O–H groups in total. The maximum Gasteiger partial charge on any atom is -0.00117 e. The summed E-state index contributed by atoms with van der Waals surface area (Å²) in [5, 5.41) is 3.32. The Kier molecular flexibility index (Phi) is 2.10. The second kappa shape index (κ2) is 2.88. The van der Waals surface area contributed by atoms with Gasteiger partial charge in [-0.15, -0.1) is 0 Å². The van der Waals surface area contributed by atoms with Crippen molar-refractivity contribution in [3.63, 3.8) is 0 Å². The van der Waals surface area contributed by atoms with Gasteiger partial charge in [-0.25, -0.2) is 0 Å². The highest BCUT2D eigenvalue weighted by molar-refractivity contribution is 4.95. The number of hydrogen-bond acceptors (Lipinski definition) is 1. The molecule has 1 aliphatic rings. The average molecular weight is 111 g/mol. The first-order chi connectivity index (χ1) is 3.89. The fraction of sp³-hybridized carbons (Fsp3) is 0.714. The van der Waals surface area contributed by atoms with E-state index in [1.54, 1.807) is 0 Å². The summed E-state index contributed by atoms with van der Waals surface area (Å²) in [5.41, 5.74) is 1.41. The van der Waals surface area contributed by atoms with Crippen molar-refractivity contribution in [3.05, 3.63) is 12.2 Å². The molecule has 1 fully saturated rings. The minimum Gasteiger partial charge on any atom is -0.316 e. The lowest BCUT2D eigenvalue weighted by molar-refractivity contribution is 0.703. The van der Waals surface area contributed by atoms with Gasteiger partial charge in [-0.05, 0) is 32.4 Å². The van der Waals surface area contributed by atoms with Crippen LogP contribution >= 0.6 is 0 Å². The van der Waals surface area contributed by atoms with Gasteiger partial charge in [0, 0.05) is 0 Å². The van der Waals surface area contributed by atoms with E-state index in [-0.39, 0.29) is 0 Å². The number of nitrogens with one attached hydrogen (secondary N) is 1. The summed E-state index contributed by atoms with van der Waals surface area (Å²) in [6.07, 6.45) is 3.69. The zero-order valence-electron chi connectivity index (χ0n) is 5.24. The molecule has 0 aliphatic carbocycles. The molecule has 0 aromatic rings. The summed E-state index contributed by atoms with van der Waals surface area (Å²) in [5.74, 6) is 0. The van der Waals surface area contributed by atoms with Crippen LogP contribution in [0.25, 0.3) is 0 Å². The smallest absolute Gasteiger partial charge is 0.00117 e. The molecule has 0 saturated carbocycles. The van der Waals surface area contributed by atoms with Crippen LogP contribution in [0.1, 0.15) is 19.3 Å². The molecular weight excluding hydrogens is 98.1 g/mol. The van der Waals surface area contributed by atoms with E-state index in [0.29, 0.717) is 0 Å². The SMILES string of the molecule is C=C1CCCNCC1. The maximum absolute atomic E-state index is 3.93. The Morgan fingerprint density at radius 2 is 2.12 bits per heavy atom. The molecule has 0 bridgehead atoms. The quantitative estimate of drug-likeness (QED) is 0.465. The van der Waals surface area contributed by atoms with Crippen molar-refractivity contribution in [1.29, 1.82) is 0 Å². The molecule has 8 heavy (non-hydrogen) atoms. The standard InChI is InChI=1S/C7H13N/c1-7-3-2-5-8-6-4-7/h8H,1-6H2. The third-order valence-electron chi connectivity index (χ3n) is 1.54. The second-order valence-electron chi connectivity index (χ2n) is 2.35. The molecule has 1 aliphatic heterocycles. The topological polar surface area (TPSA) is 12.0 Å². The first kappa shape index (κ1) is 5.83. The lowest BCUT2D eigenvalue weighted by Gasteiger charge is -1.94. The van der Waals surface area contributed by atoms with Crippen LogP contribution in [0.5, 0.6) is 0 Å². The zero-order valence-corrected chi connectivity index (χ0v) is 5.24. The van der Waals surface area contributed by atoms with E-state index in [4.69, 9.17) is 0 Å². The summed E-state index contributed by atoms with van der Waals surface area (Å²) in [7, 11) is 0. The van der Waals surface area contributed by atoms with Gasteiger partial charge in [-0.1, -0.05) is 12.2 Å². The Hall–Kier alpha value is -0.300. The van der Waals surface area contributed by atoms with Crippen LogP contribution in [-0.4, -0.2) is 13.1 Å². The lowest BCUT2D eigenvalue weighted by atomic mass is 10.1. The van der Waals surface area contributed by atoms with Gasteiger partial charge in [0.15, 0.2) is 0 Å². The van der Waals surface area contributed by atoms with Crippen molar-refractivity contribution >= 4 is 0 Å². The molecule has 1 nitrogen and oxygen atoms in total. The van der Waals surface area contributed by atoms with Gasteiger partial charge in [-0.3, -0.25) is 0 Å². The van der Waals surface area contributed by atoms with Gasteiger partial charge in [0.2, 0.25) is 0 Å². The van der Waals surface area contributed by atoms with Crippen LogP contribution in [0.2, 0.25) is 0 Å². The molecule has 1 saturated heterocycles. The molecule has 1 rings (SSSR count). The van der Waals surface area contributed by atoms with Gasteiger partial charge in [-0.2, -0.15) is 0 Å². The van der Waals surface area contributed by atoms with E-state index < -0.39 is 0 Å². The number of hydrogen-bond donors (Lipinski definition) is 1. The average Bonchev–Trinajstić information content (AvgIpc) is 1.94. The molecule has 0 atom stereocenters. The summed E-state index contributed by atoms with van der Waals surface area (Å²) in [4.78, 5) is 0. The highest BCUT2D eigenvalue weighted by Gasteiger charge is 1.98. The van der Waals surface area contributed by atoms with Crippen molar-refractivity contribution in [3.8, 4) is 0 Å². The van der Waals surface area contributed by atoms with Crippen molar-refractivity contribution < 1.29 is 0 Å². The fourth-order valence-corrected chi connectivity index (χ4v) is 0.979. The number of rotatable bonds is 0. The normalized spacial score (nSPS) is 22.8. The summed E-state index contributed by atoms with van der Waals surface area (Å²) < 4.78 is 0. The maximum atomic E-state index is 3.93. The van der Waals surface area contributed by atoms with Crippen molar-refractivity contribution in [2.75, 3.05) is 13.1 Å². The minimum absolute atomic E-state index is 1.14. The molecular formula is C7H13N.